The van der Waals surface area contributed by atoms with Crippen LogP contribution in [0.5, 0.6) is 0 Å². The second-order valence-corrected chi connectivity index (χ2v) is 9.55. The number of halogens is 3. The molecular formula is C21H24F3NO4S. The lowest BCUT2D eigenvalue weighted by Crippen LogP contribution is -2.46. The Bertz CT molecular complexity index is 984. The zero-order valence-electron chi connectivity index (χ0n) is 16.8. The normalized spacial score (nSPS) is 14.4. The molecule has 5 nitrogen and oxygen atoms in total. The second kappa shape index (κ2) is 8.77. The van der Waals surface area contributed by atoms with Gasteiger partial charge in [-0.25, -0.2) is 8.42 Å². The van der Waals surface area contributed by atoms with Crippen molar-refractivity contribution in [1.29, 1.82) is 0 Å². The van der Waals surface area contributed by atoms with Crippen molar-refractivity contribution in [2.75, 3.05) is 11.1 Å². The van der Waals surface area contributed by atoms with E-state index >= 15 is 0 Å². The Labute approximate surface area is 173 Å². The standard InChI is InChI=1S/C21H24F3NO4S/c1-4-30(28,29)18-11-5-15(6-12-18)13-19(26)25-17-9-7-16(8-10-17)20(27,14(2)3)21(22,23)24/h5-12,14,27H,4,13H2,1-3H3,(H,25,26). The van der Waals surface area contributed by atoms with Crippen molar-refractivity contribution in [3.63, 3.8) is 0 Å². The molecule has 0 aromatic heterocycles. The van der Waals surface area contributed by atoms with Gasteiger partial charge in [-0.1, -0.05) is 45.0 Å². The molecule has 0 bridgehead atoms. The van der Waals surface area contributed by atoms with E-state index in [9.17, 15) is 31.5 Å². The van der Waals surface area contributed by atoms with Crippen LogP contribution in [0.1, 0.15) is 31.9 Å². The Morgan fingerprint density at radius 1 is 1.03 bits per heavy atom. The molecule has 0 fully saturated rings. The molecule has 0 aliphatic rings. The van der Waals surface area contributed by atoms with Crippen LogP contribution in [-0.4, -0.2) is 31.4 Å². The number of rotatable bonds is 7. The van der Waals surface area contributed by atoms with E-state index in [2.05, 4.69) is 5.32 Å². The van der Waals surface area contributed by atoms with Crippen LogP contribution in [0.15, 0.2) is 53.4 Å². The van der Waals surface area contributed by atoms with Crippen LogP contribution in [0.4, 0.5) is 18.9 Å². The molecular weight excluding hydrogens is 419 g/mol. The van der Waals surface area contributed by atoms with E-state index < -0.39 is 33.4 Å². The minimum atomic E-state index is -4.84. The molecule has 0 aliphatic heterocycles. The van der Waals surface area contributed by atoms with E-state index in [0.29, 0.717) is 5.56 Å². The van der Waals surface area contributed by atoms with Crippen LogP contribution in [0.3, 0.4) is 0 Å². The largest absolute Gasteiger partial charge is 0.421 e. The summed E-state index contributed by atoms with van der Waals surface area (Å²) in [5, 5.41) is 12.8. The van der Waals surface area contributed by atoms with Crippen LogP contribution >= 0.6 is 0 Å². The lowest BCUT2D eigenvalue weighted by atomic mass is 9.82. The summed E-state index contributed by atoms with van der Waals surface area (Å²) in [6.07, 6.45) is -4.88. The van der Waals surface area contributed by atoms with Gasteiger partial charge in [-0.15, -0.1) is 0 Å². The number of hydrogen-bond acceptors (Lipinski definition) is 4. The van der Waals surface area contributed by atoms with Gasteiger partial charge in [0.15, 0.2) is 15.4 Å². The smallest absolute Gasteiger partial charge is 0.376 e. The van der Waals surface area contributed by atoms with Crippen LogP contribution in [-0.2, 0) is 26.7 Å². The molecule has 0 aliphatic carbocycles. The van der Waals surface area contributed by atoms with Crippen LogP contribution in [0.25, 0.3) is 0 Å². The van der Waals surface area contributed by atoms with Gasteiger partial charge in [0.1, 0.15) is 0 Å². The van der Waals surface area contributed by atoms with Crippen molar-refractivity contribution in [3.8, 4) is 0 Å². The first-order chi connectivity index (χ1) is 13.8. The molecule has 0 radical (unpaired) electrons. The summed E-state index contributed by atoms with van der Waals surface area (Å²) >= 11 is 0. The van der Waals surface area contributed by atoms with Crippen molar-refractivity contribution < 1.29 is 31.5 Å². The first-order valence-corrected chi connectivity index (χ1v) is 11.0. The summed E-state index contributed by atoms with van der Waals surface area (Å²) < 4.78 is 63.7. The Morgan fingerprint density at radius 3 is 2.00 bits per heavy atom. The van der Waals surface area contributed by atoms with Crippen LogP contribution in [0, 0.1) is 5.92 Å². The van der Waals surface area contributed by atoms with Gasteiger partial charge in [-0.2, -0.15) is 13.2 Å². The highest BCUT2D eigenvalue weighted by atomic mass is 32.2. The maximum Gasteiger partial charge on any atom is 0.421 e. The number of benzene rings is 2. The van der Waals surface area contributed by atoms with Crippen molar-refractivity contribution in [2.45, 2.75) is 43.9 Å². The predicted octanol–water partition coefficient (Wildman–Crippen LogP) is 4.07. The Morgan fingerprint density at radius 2 is 1.57 bits per heavy atom. The fourth-order valence-corrected chi connectivity index (χ4v) is 3.89. The number of nitrogens with one attached hydrogen (secondary N) is 1. The average Bonchev–Trinajstić information content (AvgIpc) is 2.67. The van der Waals surface area contributed by atoms with Gasteiger partial charge >= 0.3 is 6.18 Å². The minimum Gasteiger partial charge on any atom is -0.376 e. The van der Waals surface area contributed by atoms with Crippen molar-refractivity contribution in [2.24, 2.45) is 5.92 Å². The lowest BCUT2D eigenvalue weighted by Gasteiger charge is -2.34. The topological polar surface area (TPSA) is 83.5 Å². The first kappa shape index (κ1) is 23.9. The zero-order valence-corrected chi connectivity index (χ0v) is 17.6. The molecule has 0 heterocycles. The van der Waals surface area contributed by atoms with Gasteiger partial charge in [0.05, 0.1) is 17.1 Å². The van der Waals surface area contributed by atoms with E-state index in [4.69, 9.17) is 0 Å². The zero-order chi connectivity index (χ0) is 22.7. The summed E-state index contributed by atoms with van der Waals surface area (Å²) in [5.74, 6) is -1.54. The molecule has 30 heavy (non-hydrogen) atoms. The molecule has 2 N–H and O–H groups in total. The Kier molecular flexibility index (Phi) is 6.98. The third-order valence-corrected chi connectivity index (χ3v) is 6.65. The van der Waals surface area contributed by atoms with E-state index in [-0.39, 0.29) is 28.3 Å². The van der Waals surface area contributed by atoms with E-state index in [1.807, 2.05) is 0 Å². The van der Waals surface area contributed by atoms with Crippen LogP contribution in [0.2, 0.25) is 0 Å². The first-order valence-electron chi connectivity index (χ1n) is 9.32. The van der Waals surface area contributed by atoms with E-state index in [1.54, 1.807) is 6.92 Å². The highest BCUT2D eigenvalue weighted by Crippen LogP contribution is 2.44. The SMILES string of the molecule is CCS(=O)(=O)c1ccc(CC(=O)Nc2ccc(C(O)(C(C)C)C(F)(F)F)cc2)cc1. The molecule has 2 aromatic carbocycles. The van der Waals surface area contributed by atoms with Crippen molar-refractivity contribution in [1.82, 2.24) is 0 Å². The van der Waals surface area contributed by atoms with E-state index in [0.717, 1.165) is 12.1 Å². The number of anilines is 1. The summed E-state index contributed by atoms with van der Waals surface area (Å²) in [4.78, 5) is 12.4. The molecule has 2 aromatic rings. The molecule has 2 rings (SSSR count). The highest BCUT2D eigenvalue weighted by molar-refractivity contribution is 7.91. The molecule has 1 unspecified atom stereocenters. The fourth-order valence-electron chi connectivity index (χ4n) is 3.00. The maximum atomic E-state index is 13.4. The van der Waals surface area contributed by atoms with Gasteiger partial charge in [0.25, 0.3) is 0 Å². The second-order valence-electron chi connectivity index (χ2n) is 7.27. The maximum absolute atomic E-state index is 13.4. The summed E-state index contributed by atoms with van der Waals surface area (Å²) in [6, 6.07) is 10.8. The number of amides is 1. The molecule has 164 valence electrons. The summed E-state index contributed by atoms with van der Waals surface area (Å²) in [6.45, 7) is 4.10. The lowest BCUT2D eigenvalue weighted by molar-refractivity contribution is -0.283. The number of hydrogen-bond donors (Lipinski definition) is 2. The highest BCUT2D eigenvalue weighted by Gasteiger charge is 2.56. The minimum absolute atomic E-state index is 0.0247. The molecule has 9 heteroatoms. The third-order valence-electron chi connectivity index (χ3n) is 4.90. The molecule has 1 atom stereocenters. The molecule has 0 saturated carbocycles. The van der Waals surface area contributed by atoms with Gasteiger partial charge in [-0.05, 0) is 41.3 Å². The summed E-state index contributed by atoms with van der Waals surface area (Å²) in [7, 11) is -3.33. The Hall–Kier alpha value is -2.39. The van der Waals surface area contributed by atoms with E-state index in [1.165, 1.54) is 50.2 Å². The number of sulfone groups is 1. The van der Waals surface area contributed by atoms with Gasteiger partial charge in [0, 0.05) is 5.69 Å². The van der Waals surface area contributed by atoms with Gasteiger partial charge in [0.2, 0.25) is 5.91 Å². The quantitative estimate of drug-likeness (QED) is 0.676. The monoisotopic (exact) mass is 443 g/mol. The third kappa shape index (κ3) is 5.02. The van der Waals surface area contributed by atoms with Crippen molar-refractivity contribution >= 4 is 21.4 Å². The molecule has 0 saturated heterocycles. The van der Waals surface area contributed by atoms with Gasteiger partial charge in [-0.3, -0.25) is 4.79 Å². The van der Waals surface area contributed by atoms with Gasteiger partial charge < -0.3 is 10.4 Å². The average molecular weight is 443 g/mol. The van der Waals surface area contributed by atoms with Crippen molar-refractivity contribution in [3.05, 3.63) is 59.7 Å². The number of aliphatic hydroxyl groups is 1. The molecule has 0 spiro atoms. The Balaban J connectivity index is 2.10. The number of alkyl halides is 3. The predicted molar refractivity (Wildman–Crippen MR) is 108 cm³/mol. The number of carbonyl (C=O) groups excluding carboxylic acids is 1. The molecule has 1 amide bonds. The number of carbonyl (C=O) groups is 1. The fraction of sp³-hybridized carbons (Fsp3) is 0.381. The van der Waals surface area contributed by atoms with Crippen LogP contribution < -0.4 is 5.32 Å². The summed E-state index contributed by atoms with van der Waals surface area (Å²) in [5.41, 5.74) is -2.43.